The summed E-state index contributed by atoms with van der Waals surface area (Å²) in [6, 6.07) is 0. The molecule has 0 saturated carbocycles. The normalized spacial score (nSPS) is 14.0. The Hall–Kier alpha value is -1.67. The molecule has 1 unspecified atom stereocenters. The van der Waals surface area contributed by atoms with Crippen molar-refractivity contribution in [1.29, 1.82) is 0 Å². The highest BCUT2D eigenvalue weighted by Crippen LogP contribution is 2.25. The van der Waals surface area contributed by atoms with Crippen LogP contribution >= 0.6 is 11.8 Å². The van der Waals surface area contributed by atoms with Crippen molar-refractivity contribution in [2.75, 3.05) is 19.4 Å². The molecular formula is C13H19N5O2S. The molecule has 0 fully saturated rings. The van der Waals surface area contributed by atoms with E-state index in [-0.39, 0.29) is 5.97 Å². The lowest BCUT2D eigenvalue weighted by Gasteiger charge is -2.26. The molecule has 2 aromatic heterocycles. The van der Waals surface area contributed by atoms with Crippen molar-refractivity contribution in [3.8, 4) is 0 Å². The fraction of sp³-hybridized carbons (Fsp3) is 0.538. The second-order valence-corrected chi connectivity index (χ2v) is 5.76. The number of likely N-dealkylation sites (N-methyl/N-ethyl adjacent to an activating group) is 1. The number of carbonyl (C=O) groups is 1. The molecule has 0 saturated heterocycles. The summed E-state index contributed by atoms with van der Waals surface area (Å²) in [5.41, 5.74) is 0.780. The fourth-order valence-corrected chi connectivity index (χ4v) is 2.94. The van der Waals surface area contributed by atoms with Crippen molar-refractivity contribution in [1.82, 2.24) is 25.3 Å². The van der Waals surface area contributed by atoms with Gasteiger partial charge in [0.25, 0.3) is 0 Å². The molecule has 0 amide bonds. The third-order valence-electron chi connectivity index (χ3n) is 3.31. The molecule has 2 rings (SSSR count). The zero-order valence-electron chi connectivity index (χ0n) is 12.3. The summed E-state index contributed by atoms with van der Waals surface area (Å²) in [5.74, 6) is 0.490. The van der Waals surface area contributed by atoms with Crippen molar-refractivity contribution in [2.45, 2.75) is 30.8 Å². The van der Waals surface area contributed by atoms with Crippen LogP contribution < -0.4 is 5.32 Å². The maximum absolute atomic E-state index is 12.0. The van der Waals surface area contributed by atoms with E-state index in [1.165, 1.54) is 6.33 Å². The molecule has 0 aliphatic carbocycles. The van der Waals surface area contributed by atoms with Crippen LogP contribution in [-0.2, 0) is 9.53 Å². The van der Waals surface area contributed by atoms with Gasteiger partial charge in [0.15, 0.2) is 5.65 Å². The van der Waals surface area contributed by atoms with Gasteiger partial charge in [-0.15, -0.1) is 11.8 Å². The average molecular weight is 309 g/mol. The van der Waals surface area contributed by atoms with Crippen LogP contribution in [0, 0.1) is 0 Å². The molecule has 2 aromatic rings. The summed E-state index contributed by atoms with van der Waals surface area (Å²) in [4.78, 5) is 27.4. The van der Waals surface area contributed by atoms with Crippen LogP contribution in [0.2, 0.25) is 0 Å². The van der Waals surface area contributed by atoms with Crippen LogP contribution in [0.15, 0.2) is 17.7 Å². The molecular weight excluding hydrogens is 290 g/mol. The molecule has 21 heavy (non-hydrogen) atoms. The molecule has 114 valence electrons. The van der Waals surface area contributed by atoms with Gasteiger partial charge in [-0.25, -0.2) is 15.0 Å². The minimum absolute atomic E-state index is 0.234. The third kappa shape index (κ3) is 3.51. The van der Waals surface area contributed by atoms with Crippen LogP contribution in [0.4, 0.5) is 0 Å². The molecule has 0 aliphatic rings. The summed E-state index contributed by atoms with van der Waals surface area (Å²) < 4.78 is 5.11. The summed E-state index contributed by atoms with van der Waals surface area (Å²) in [5, 5.41) is 3.87. The van der Waals surface area contributed by atoms with E-state index in [1.54, 1.807) is 32.1 Å². The first kappa shape index (κ1) is 15.7. The molecule has 0 bridgehead atoms. The van der Waals surface area contributed by atoms with Crippen molar-refractivity contribution in [2.24, 2.45) is 0 Å². The van der Waals surface area contributed by atoms with Gasteiger partial charge in [0, 0.05) is 5.75 Å². The molecule has 0 spiro atoms. The number of thioether (sulfide) groups is 1. The molecule has 2 heterocycles. The molecule has 0 aliphatic heterocycles. The topological polar surface area (TPSA) is 92.8 Å². The van der Waals surface area contributed by atoms with Gasteiger partial charge in [0.2, 0.25) is 0 Å². The Kier molecular flexibility index (Phi) is 5.13. The van der Waals surface area contributed by atoms with E-state index >= 15 is 0 Å². The Bertz CT molecular complexity index is 617. The summed E-state index contributed by atoms with van der Waals surface area (Å²) in [6.07, 6.45) is 3.72. The molecule has 8 heteroatoms. The maximum atomic E-state index is 12.0. The molecule has 0 radical (unpaired) electrons. The Balaban J connectivity index is 1.99. The van der Waals surface area contributed by atoms with Crippen molar-refractivity contribution < 1.29 is 9.53 Å². The lowest BCUT2D eigenvalue weighted by Crippen LogP contribution is -2.49. The van der Waals surface area contributed by atoms with E-state index in [0.29, 0.717) is 18.7 Å². The van der Waals surface area contributed by atoms with E-state index in [2.05, 4.69) is 25.3 Å². The van der Waals surface area contributed by atoms with Crippen LogP contribution in [-0.4, -0.2) is 50.9 Å². The molecule has 7 nitrogen and oxygen atoms in total. The summed E-state index contributed by atoms with van der Waals surface area (Å²) >= 11 is 1.56. The number of carbonyl (C=O) groups excluding carboxylic acids is 1. The number of nitrogens with zero attached hydrogens (tertiary/aromatic N) is 3. The fourth-order valence-electron chi connectivity index (χ4n) is 1.82. The van der Waals surface area contributed by atoms with Gasteiger partial charge in [-0.1, -0.05) is 0 Å². The first-order valence-corrected chi connectivity index (χ1v) is 7.72. The van der Waals surface area contributed by atoms with Crippen LogP contribution in [0.3, 0.4) is 0 Å². The first-order valence-electron chi connectivity index (χ1n) is 6.73. The number of ether oxygens (including phenoxy) is 1. The number of hydrogen-bond acceptors (Lipinski definition) is 7. The Labute approximate surface area is 127 Å². The van der Waals surface area contributed by atoms with E-state index in [1.807, 2.05) is 6.92 Å². The Morgan fingerprint density at radius 1 is 1.48 bits per heavy atom. The van der Waals surface area contributed by atoms with Gasteiger partial charge >= 0.3 is 5.97 Å². The lowest BCUT2D eigenvalue weighted by atomic mass is 10.00. The predicted octanol–water partition coefficient (Wildman–Crippen LogP) is 1.38. The van der Waals surface area contributed by atoms with Crippen LogP contribution in [0.5, 0.6) is 0 Å². The van der Waals surface area contributed by atoms with Crippen molar-refractivity contribution in [3.63, 3.8) is 0 Å². The summed E-state index contributed by atoms with van der Waals surface area (Å²) in [6.45, 7) is 4.03. The minimum atomic E-state index is -0.691. The highest BCUT2D eigenvalue weighted by atomic mass is 32.2. The van der Waals surface area contributed by atoms with Gasteiger partial charge in [-0.2, -0.15) is 0 Å². The van der Waals surface area contributed by atoms with Crippen LogP contribution in [0.1, 0.15) is 20.3 Å². The van der Waals surface area contributed by atoms with E-state index in [9.17, 15) is 4.79 Å². The molecule has 1 atom stereocenters. The standard InChI is InChI=1S/C13H19N5O2S/c1-4-20-12(19)13(2,14-3)5-6-21-11-9-10(16-7-15-9)17-8-18-11/h7-8,14H,4-6H2,1-3H3,(H,15,16,17,18). The highest BCUT2D eigenvalue weighted by Gasteiger charge is 2.32. The summed E-state index contributed by atoms with van der Waals surface area (Å²) in [7, 11) is 1.76. The number of nitrogens with one attached hydrogen (secondary N) is 2. The molecule has 0 aromatic carbocycles. The van der Waals surface area contributed by atoms with Crippen molar-refractivity contribution in [3.05, 3.63) is 12.7 Å². The third-order valence-corrected chi connectivity index (χ3v) is 4.30. The number of esters is 1. The predicted molar refractivity (Wildman–Crippen MR) is 81.1 cm³/mol. The van der Waals surface area contributed by atoms with Crippen molar-refractivity contribution >= 4 is 28.9 Å². The Morgan fingerprint density at radius 3 is 3.00 bits per heavy atom. The highest BCUT2D eigenvalue weighted by molar-refractivity contribution is 7.99. The van der Waals surface area contributed by atoms with Gasteiger partial charge < -0.3 is 15.0 Å². The first-order chi connectivity index (χ1) is 10.1. The molecule has 2 N–H and O–H groups in total. The number of hydrogen-bond donors (Lipinski definition) is 2. The average Bonchev–Trinajstić information content (AvgIpc) is 2.96. The number of aromatic amines is 1. The number of imidazole rings is 1. The number of fused-ring (bicyclic) bond motifs is 1. The second kappa shape index (κ2) is 6.86. The van der Waals surface area contributed by atoms with E-state index in [0.717, 1.165) is 16.3 Å². The smallest absolute Gasteiger partial charge is 0.326 e. The number of H-pyrrole nitrogens is 1. The van der Waals surface area contributed by atoms with E-state index in [4.69, 9.17) is 4.74 Å². The SMILES string of the molecule is CCOC(=O)C(C)(CCSc1ncnc2nc[nH]c12)NC. The number of rotatable bonds is 7. The van der Waals surface area contributed by atoms with Gasteiger partial charge in [-0.05, 0) is 27.3 Å². The monoisotopic (exact) mass is 309 g/mol. The zero-order chi connectivity index (χ0) is 15.3. The quantitative estimate of drug-likeness (QED) is 0.453. The van der Waals surface area contributed by atoms with Crippen LogP contribution in [0.25, 0.3) is 11.2 Å². The number of aromatic nitrogens is 4. The minimum Gasteiger partial charge on any atom is -0.465 e. The van der Waals surface area contributed by atoms with Gasteiger partial charge in [0.05, 0.1) is 12.9 Å². The van der Waals surface area contributed by atoms with E-state index < -0.39 is 5.54 Å². The van der Waals surface area contributed by atoms with Gasteiger partial charge in [-0.3, -0.25) is 4.79 Å². The largest absolute Gasteiger partial charge is 0.465 e. The zero-order valence-corrected chi connectivity index (χ0v) is 13.2. The lowest BCUT2D eigenvalue weighted by molar-refractivity contribution is -0.150. The maximum Gasteiger partial charge on any atom is 0.326 e. The Morgan fingerprint density at radius 2 is 2.29 bits per heavy atom. The van der Waals surface area contributed by atoms with Gasteiger partial charge in [0.1, 0.15) is 22.4 Å². The second-order valence-electron chi connectivity index (χ2n) is 4.68.